The molecule has 0 radical (unpaired) electrons. The molecule has 0 N–H and O–H groups in total. The standard InChI is InChI=1S/C12H26.CH4O3S.Na/c1-3-5-7-9-11-12-10-8-6-4-2;1-5(2,3)4;/h3-12H2,1-2H3;1H3,(H,2,3,4);/q;;+1/p-1. The molecule has 0 atom stereocenters. The van der Waals surface area contributed by atoms with E-state index in [1.807, 2.05) is 0 Å². The van der Waals surface area contributed by atoms with Crippen molar-refractivity contribution in [3.8, 4) is 0 Å². The van der Waals surface area contributed by atoms with Gasteiger partial charge >= 0.3 is 29.6 Å². The molecule has 0 bridgehead atoms. The first-order valence-electron chi connectivity index (χ1n) is 6.82. The molecule has 3 nitrogen and oxygen atoms in total. The van der Waals surface area contributed by atoms with Crippen LogP contribution in [0.5, 0.6) is 0 Å². The predicted octanol–water partition coefficient (Wildman–Crippen LogP) is 1.09. The van der Waals surface area contributed by atoms with Crippen LogP contribution in [0.4, 0.5) is 0 Å². The van der Waals surface area contributed by atoms with Gasteiger partial charge in [0.15, 0.2) is 0 Å². The van der Waals surface area contributed by atoms with E-state index in [9.17, 15) is 0 Å². The largest absolute Gasteiger partial charge is 1.00 e. The van der Waals surface area contributed by atoms with Crippen molar-refractivity contribution < 1.29 is 42.5 Å². The van der Waals surface area contributed by atoms with Gasteiger partial charge in [-0.1, -0.05) is 78.1 Å². The first kappa shape index (κ1) is 24.0. The van der Waals surface area contributed by atoms with Gasteiger partial charge in [0.2, 0.25) is 0 Å². The van der Waals surface area contributed by atoms with Gasteiger partial charge in [-0.2, -0.15) is 0 Å². The van der Waals surface area contributed by atoms with Crippen molar-refractivity contribution in [2.45, 2.75) is 78.1 Å². The van der Waals surface area contributed by atoms with Gasteiger partial charge in [0.05, 0.1) is 10.1 Å². The number of hydrogen-bond acceptors (Lipinski definition) is 3. The molecule has 0 aromatic carbocycles. The van der Waals surface area contributed by atoms with E-state index in [0.29, 0.717) is 6.26 Å². The van der Waals surface area contributed by atoms with E-state index in [-0.39, 0.29) is 29.6 Å². The van der Waals surface area contributed by atoms with Gasteiger partial charge < -0.3 is 4.55 Å². The molecule has 0 unspecified atom stereocenters. The average molecular weight is 288 g/mol. The van der Waals surface area contributed by atoms with E-state index in [1.165, 1.54) is 64.2 Å². The Morgan fingerprint density at radius 1 is 0.722 bits per heavy atom. The van der Waals surface area contributed by atoms with Crippen molar-refractivity contribution >= 4 is 10.1 Å². The summed E-state index contributed by atoms with van der Waals surface area (Å²) in [5.41, 5.74) is 0. The Kier molecular flexibility index (Phi) is 23.8. The summed E-state index contributed by atoms with van der Waals surface area (Å²) in [6.07, 6.45) is 15.0. The van der Waals surface area contributed by atoms with Crippen molar-refractivity contribution in [3.05, 3.63) is 0 Å². The number of unbranched alkanes of at least 4 members (excludes halogenated alkanes) is 9. The summed E-state index contributed by atoms with van der Waals surface area (Å²) in [6, 6.07) is 0. The molecule has 18 heavy (non-hydrogen) atoms. The maximum absolute atomic E-state index is 9.08. The Balaban J connectivity index is -0.000000321. The molecule has 0 aromatic heterocycles. The van der Waals surface area contributed by atoms with Gasteiger partial charge in [0, 0.05) is 6.26 Å². The fourth-order valence-electron chi connectivity index (χ4n) is 1.56. The van der Waals surface area contributed by atoms with E-state index in [0.717, 1.165) is 0 Å². The summed E-state index contributed by atoms with van der Waals surface area (Å²) in [7, 11) is -3.92. The minimum Gasteiger partial charge on any atom is -0.748 e. The third-order valence-corrected chi connectivity index (χ3v) is 2.46. The van der Waals surface area contributed by atoms with Gasteiger partial charge in [-0.15, -0.1) is 0 Å². The molecule has 106 valence electrons. The summed E-state index contributed by atoms with van der Waals surface area (Å²) in [5.74, 6) is 0. The van der Waals surface area contributed by atoms with Gasteiger partial charge in [-0.25, -0.2) is 8.42 Å². The smallest absolute Gasteiger partial charge is 0.748 e. The SMILES string of the molecule is CCCCCCCCCCCC.CS(=O)(=O)[O-].[Na+]. The molecule has 0 saturated carbocycles. The van der Waals surface area contributed by atoms with Crippen LogP contribution in [0.15, 0.2) is 0 Å². The first-order chi connectivity index (χ1) is 7.91. The minimum absolute atomic E-state index is 0. The van der Waals surface area contributed by atoms with Crippen molar-refractivity contribution in [2.75, 3.05) is 6.26 Å². The summed E-state index contributed by atoms with van der Waals surface area (Å²) in [4.78, 5) is 0. The summed E-state index contributed by atoms with van der Waals surface area (Å²) >= 11 is 0. The molecule has 0 aliphatic heterocycles. The predicted molar refractivity (Wildman–Crippen MR) is 73.1 cm³/mol. The topological polar surface area (TPSA) is 57.2 Å². The van der Waals surface area contributed by atoms with Crippen molar-refractivity contribution in [3.63, 3.8) is 0 Å². The fraction of sp³-hybridized carbons (Fsp3) is 1.00. The second kappa shape index (κ2) is 17.9. The fourth-order valence-corrected chi connectivity index (χ4v) is 1.56. The second-order valence-corrected chi connectivity index (χ2v) is 5.94. The maximum Gasteiger partial charge on any atom is 1.00 e. The van der Waals surface area contributed by atoms with Crippen LogP contribution in [-0.4, -0.2) is 19.2 Å². The van der Waals surface area contributed by atoms with Crippen molar-refractivity contribution in [2.24, 2.45) is 0 Å². The van der Waals surface area contributed by atoms with Crippen LogP contribution in [0, 0.1) is 0 Å². The van der Waals surface area contributed by atoms with Gasteiger partial charge in [-0.3, -0.25) is 0 Å². The number of hydrogen-bond donors (Lipinski definition) is 0. The summed E-state index contributed by atoms with van der Waals surface area (Å²) < 4.78 is 27.2. The molecule has 0 spiro atoms. The molecule has 0 fully saturated rings. The molecular weight excluding hydrogens is 259 g/mol. The van der Waals surface area contributed by atoms with Crippen LogP contribution >= 0.6 is 0 Å². The Hall–Kier alpha value is 0.910. The third-order valence-electron chi connectivity index (χ3n) is 2.46. The molecule has 0 rings (SSSR count). The molecular formula is C13H29NaO3S. The van der Waals surface area contributed by atoms with Crippen LogP contribution in [0.3, 0.4) is 0 Å². The van der Waals surface area contributed by atoms with Crippen LogP contribution in [0.1, 0.15) is 78.1 Å². The zero-order valence-corrected chi connectivity index (χ0v) is 15.5. The van der Waals surface area contributed by atoms with Crippen LogP contribution in [0.25, 0.3) is 0 Å². The molecule has 0 aromatic rings. The van der Waals surface area contributed by atoms with Gasteiger partial charge in [0.1, 0.15) is 0 Å². The normalized spacial score (nSPS) is 10.2. The monoisotopic (exact) mass is 288 g/mol. The minimum atomic E-state index is -3.92. The maximum atomic E-state index is 9.08. The summed E-state index contributed by atoms with van der Waals surface area (Å²) in [5, 5.41) is 0. The average Bonchev–Trinajstić information content (AvgIpc) is 2.20. The molecule has 5 heteroatoms. The van der Waals surface area contributed by atoms with Crippen LogP contribution < -0.4 is 29.6 Å². The summed E-state index contributed by atoms with van der Waals surface area (Å²) in [6.45, 7) is 4.56. The molecule has 0 aliphatic rings. The number of rotatable bonds is 9. The Bertz CT molecular complexity index is 210. The molecule has 0 saturated heterocycles. The first-order valence-corrected chi connectivity index (χ1v) is 8.64. The van der Waals surface area contributed by atoms with E-state index in [1.54, 1.807) is 0 Å². The van der Waals surface area contributed by atoms with Gasteiger partial charge in [0.25, 0.3) is 0 Å². The Labute approximate surface area is 136 Å². The second-order valence-electron chi connectivity index (χ2n) is 4.53. The van der Waals surface area contributed by atoms with Crippen molar-refractivity contribution in [1.29, 1.82) is 0 Å². The Morgan fingerprint density at radius 2 is 0.889 bits per heavy atom. The molecule has 0 amide bonds. The quantitative estimate of drug-likeness (QED) is 0.362. The zero-order chi connectivity index (χ0) is 13.6. The van der Waals surface area contributed by atoms with Crippen LogP contribution in [-0.2, 0) is 10.1 Å². The van der Waals surface area contributed by atoms with E-state index < -0.39 is 10.1 Å². The van der Waals surface area contributed by atoms with Crippen LogP contribution in [0.2, 0.25) is 0 Å². The Morgan fingerprint density at radius 3 is 1.06 bits per heavy atom. The van der Waals surface area contributed by atoms with E-state index in [4.69, 9.17) is 13.0 Å². The zero-order valence-electron chi connectivity index (χ0n) is 12.7. The molecule has 0 heterocycles. The third kappa shape index (κ3) is 43.6. The van der Waals surface area contributed by atoms with Gasteiger partial charge in [-0.05, 0) is 0 Å². The molecule has 0 aliphatic carbocycles. The van der Waals surface area contributed by atoms with E-state index >= 15 is 0 Å². The van der Waals surface area contributed by atoms with E-state index in [2.05, 4.69) is 13.8 Å². The van der Waals surface area contributed by atoms with Crippen molar-refractivity contribution in [1.82, 2.24) is 0 Å².